The molecule has 0 bridgehead atoms. The van der Waals surface area contributed by atoms with E-state index in [1.807, 2.05) is 30.3 Å². The van der Waals surface area contributed by atoms with E-state index in [0.717, 1.165) is 37.7 Å². The van der Waals surface area contributed by atoms with Crippen LogP contribution in [-0.2, 0) is 12.8 Å². The molecule has 1 fully saturated rings. The van der Waals surface area contributed by atoms with Crippen LogP contribution in [-0.4, -0.2) is 38.6 Å². The number of rotatable bonds is 6. The average molecular weight is 458 g/mol. The highest BCUT2D eigenvalue weighted by molar-refractivity contribution is 5.96. The molecule has 3 aromatic rings. The van der Waals surface area contributed by atoms with Crippen LogP contribution in [0, 0.1) is 0 Å². The number of amides is 1. The molecule has 1 saturated heterocycles. The third kappa shape index (κ3) is 4.02. The lowest BCUT2D eigenvalue weighted by molar-refractivity contribution is 0.0783. The molecule has 1 aromatic heterocycles. The second kappa shape index (κ2) is 9.45. The number of hydrogen-bond acceptors (Lipinski definition) is 4. The highest BCUT2D eigenvalue weighted by Crippen LogP contribution is 2.35. The summed E-state index contributed by atoms with van der Waals surface area (Å²) < 4.78 is 1.69. The number of aromatic hydroxyl groups is 1. The van der Waals surface area contributed by atoms with Crippen molar-refractivity contribution >= 4 is 5.91 Å². The number of hydrogen-bond donors (Lipinski definition) is 1. The molecule has 0 radical (unpaired) electrons. The monoisotopic (exact) mass is 457 g/mol. The molecule has 176 valence electrons. The van der Waals surface area contributed by atoms with Crippen molar-refractivity contribution < 1.29 is 9.90 Å². The summed E-state index contributed by atoms with van der Waals surface area (Å²) in [5.41, 5.74) is 2.91. The largest absolute Gasteiger partial charge is 0.493 e. The maximum absolute atomic E-state index is 13.8. The first-order chi connectivity index (χ1) is 16.6. The molecular formula is C28H31N3O3. The zero-order valence-corrected chi connectivity index (χ0v) is 19.6. The average Bonchev–Trinajstić information content (AvgIpc) is 3.51. The summed E-state index contributed by atoms with van der Waals surface area (Å²) in [4.78, 5) is 33.5. The molecule has 34 heavy (non-hydrogen) atoms. The summed E-state index contributed by atoms with van der Waals surface area (Å²) in [6.45, 7) is 3.17. The number of unbranched alkanes of at least 4 members (excludes halogenated alkanes) is 1. The Labute approximate surface area is 199 Å². The van der Waals surface area contributed by atoms with Crippen LogP contribution in [0.5, 0.6) is 5.88 Å². The summed E-state index contributed by atoms with van der Waals surface area (Å²) in [6.07, 6.45) is 4.91. The smallest absolute Gasteiger partial charge is 0.270 e. The molecule has 2 heterocycles. The van der Waals surface area contributed by atoms with E-state index in [9.17, 15) is 14.7 Å². The zero-order chi connectivity index (χ0) is 23.7. The minimum absolute atomic E-state index is 0.161. The summed E-state index contributed by atoms with van der Waals surface area (Å²) in [5, 5.41) is 10.8. The van der Waals surface area contributed by atoms with Gasteiger partial charge in [-0.3, -0.25) is 14.2 Å². The van der Waals surface area contributed by atoms with Gasteiger partial charge >= 0.3 is 0 Å². The molecule has 0 spiro atoms. The number of benzene rings is 2. The number of likely N-dealkylation sites (tertiary alicyclic amines) is 1. The van der Waals surface area contributed by atoms with Gasteiger partial charge in [-0.1, -0.05) is 67.9 Å². The quantitative estimate of drug-likeness (QED) is 0.593. The third-order valence-corrected chi connectivity index (χ3v) is 7.30. The molecule has 6 heteroatoms. The van der Waals surface area contributed by atoms with Gasteiger partial charge in [-0.25, -0.2) is 0 Å². The number of carbonyl (C=O) groups excluding carboxylic acids is 1. The first kappa shape index (κ1) is 22.4. The highest BCUT2D eigenvalue weighted by atomic mass is 16.3. The van der Waals surface area contributed by atoms with E-state index < -0.39 is 17.3 Å². The fourth-order valence-electron chi connectivity index (χ4n) is 5.49. The topological polar surface area (TPSA) is 75.4 Å². The van der Waals surface area contributed by atoms with Crippen molar-refractivity contribution in [2.24, 2.45) is 0 Å². The summed E-state index contributed by atoms with van der Waals surface area (Å²) >= 11 is 0. The third-order valence-electron chi connectivity index (χ3n) is 7.30. The van der Waals surface area contributed by atoms with Gasteiger partial charge in [0.05, 0.1) is 6.04 Å². The van der Waals surface area contributed by atoms with Crippen molar-refractivity contribution in [2.45, 2.75) is 57.4 Å². The first-order valence-corrected chi connectivity index (χ1v) is 12.3. The molecule has 2 atom stereocenters. The van der Waals surface area contributed by atoms with Crippen LogP contribution in [0.1, 0.15) is 77.4 Å². The van der Waals surface area contributed by atoms with Gasteiger partial charge in [0, 0.05) is 25.4 Å². The lowest BCUT2D eigenvalue weighted by Gasteiger charge is -2.23. The molecule has 1 amide bonds. The van der Waals surface area contributed by atoms with Gasteiger partial charge < -0.3 is 10.0 Å². The van der Waals surface area contributed by atoms with Crippen LogP contribution in [0.4, 0.5) is 0 Å². The molecule has 6 nitrogen and oxygen atoms in total. The van der Waals surface area contributed by atoms with Crippen LogP contribution in [0.3, 0.4) is 0 Å². The molecule has 5 rings (SSSR count). The van der Waals surface area contributed by atoms with Crippen LogP contribution >= 0.6 is 0 Å². The molecular weight excluding hydrogens is 426 g/mol. The predicted octanol–water partition coefficient (Wildman–Crippen LogP) is 4.46. The van der Waals surface area contributed by atoms with E-state index in [1.165, 1.54) is 11.1 Å². The Morgan fingerprint density at radius 3 is 2.65 bits per heavy atom. The summed E-state index contributed by atoms with van der Waals surface area (Å²) in [7, 11) is 0. The van der Waals surface area contributed by atoms with E-state index in [2.05, 4.69) is 36.2 Å². The van der Waals surface area contributed by atoms with E-state index in [0.29, 0.717) is 25.3 Å². The molecule has 0 saturated carbocycles. The van der Waals surface area contributed by atoms with Gasteiger partial charge in [0.15, 0.2) is 5.56 Å². The number of carbonyl (C=O) groups is 1. The van der Waals surface area contributed by atoms with Gasteiger partial charge in [-0.15, -0.1) is 0 Å². The predicted molar refractivity (Wildman–Crippen MR) is 131 cm³/mol. The molecule has 0 unspecified atom stereocenters. The summed E-state index contributed by atoms with van der Waals surface area (Å²) in [5.74, 6) is -0.0681. The minimum Gasteiger partial charge on any atom is -0.493 e. The van der Waals surface area contributed by atoms with E-state index in [1.54, 1.807) is 9.47 Å². The van der Waals surface area contributed by atoms with E-state index in [4.69, 9.17) is 0 Å². The van der Waals surface area contributed by atoms with Gasteiger partial charge in [0.2, 0.25) is 5.88 Å². The molecule has 2 aliphatic rings. The maximum atomic E-state index is 13.8. The molecule has 1 N–H and O–H groups in total. The Balaban J connectivity index is 1.52. The lowest BCUT2D eigenvalue weighted by Crippen LogP contribution is -2.38. The van der Waals surface area contributed by atoms with Crippen molar-refractivity contribution in [3.63, 3.8) is 0 Å². The molecule has 1 aliphatic carbocycles. The lowest BCUT2D eigenvalue weighted by atomic mass is 9.99. The second-order valence-electron chi connectivity index (χ2n) is 9.41. The fourth-order valence-corrected chi connectivity index (χ4v) is 5.49. The molecule has 1 aliphatic heterocycles. The summed E-state index contributed by atoms with van der Waals surface area (Å²) in [6, 6.07) is 18.1. The van der Waals surface area contributed by atoms with Gasteiger partial charge in [0.1, 0.15) is 5.82 Å². The Bertz CT molecular complexity index is 1250. The Hall–Kier alpha value is -3.41. The van der Waals surface area contributed by atoms with Crippen LogP contribution in [0.2, 0.25) is 0 Å². The minimum atomic E-state index is -0.438. The van der Waals surface area contributed by atoms with Crippen LogP contribution < -0.4 is 5.56 Å². The second-order valence-corrected chi connectivity index (χ2v) is 9.41. The van der Waals surface area contributed by atoms with Crippen molar-refractivity contribution in [3.8, 4) is 5.88 Å². The Morgan fingerprint density at radius 1 is 1.09 bits per heavy atom. The van der Waals surface area contributed by atoms with Gasteiger partial charge in [-0.2, -0.15) is 4.98 Å². The van der Waals surface area contributed by atoms with Crippen molar-refractivity contribution in [3.05, 3.63) is 93.0 Å². The van der Waals surface area contributed by atoms with Gasteiger partial charge in [-0.05, 0) is 42.4 Å². The standard InChI is InChI=1S/C28H31N3O3/c1-2-3-13-24-29-26(32)25(27(33)30-17-16-21(18-30)19-9-5-4-6-10-19)28(34)31(24)23-15-14-20-11-7-8-12-22(20)23/h4-12,21,23,32H,2-3,13-18H2,1H3/t21-,23+/m0/s1. The Kier molecular flexibility index (Phi) is 6.22. The van der Waals surface area contributed by atoms with Crippen LogP contribution in [0.25, 0.3) is 0 Å². The number of nitrogens with zero attached hydrogens (tertiary/aromatic N) is 3. The number of fused-ring (bicyclic) bond motifs is 1. The van der Waals surface area contributed by atoms with E-state index >= 15 is 0 Å². The first-order valence-electron chi connectivity index (χ1n) is 12.3. The van der Waals surface area contributed by atoms with Gasteiger partial charge in [0.25, 0.3) is 11.5 Å². The maximum Gasteiger partial charge on any atom is 0.270 e. The van der Waals surface area contributed by atoms with E-state index in [-0.39, 0.29) is 17.5 Å². The van der Waals surface area contributed by atoms with Crippen molar-refractivity contribution in [1.29, 1.82) is 0 Å². The molecule has 2 aromatic carbocycles. The van der Waals surface area contributed by atoms with Crippen molar-refractivity contribution in [1.82, 2.24) is 14.5 Å². The normalized spacial score (nSPS) is 19.4. The zero-order valence-electron chi connectivity index (χ0n) is 19.6. The fraction of sp³-hybridized carbons (Fsp3) is 0.393. The van der Waals surface area contributed by atoms with Crippen molar-refractivity contribution in [2.75, 3.05) is 13.1 Å². The SMILES string of the molecule is CCCCc1nc(O)c(C(=O)N2CC[C@H](c3ccccc3)C2)c(=O)n1[C@@H]1CCc2ccccc21. The Morgan fingerprint density at radius 2 is 1.85 bits per heavy atom. The highest BCUT2D eigenvalue weighted by Gasteiger charge is 2.34. The van der Waals surface area contributed by atoms with Crippen LogP contribution in [0.15, 0.2) is 59.4 Å². The number of aromatic nitrogens is 2. The number of aryl methyl sites for hydroxylation is 2.